The van der Waals surface area contributed by atoms with E-state index in [0.717, 1.165) is 5.69 Å². The van der Waals surface area contributed by atoms with E-state index in [-0.39, 0.29) is 12.6 Å². The standard InChI is InChI=1S/C13H18ClNO4/c1-3-19-13(16)9-18-7-6-15-10-4-5-12(17-2)11(14)8-10/h4-5,8,15H,3,6-7,9H2,1-2H3. The van der Waals surface area contributed by atoms with Gasteiger partial charge < -0.3 is 19.5 Å². The molecule has 1 N–H and O–H groups in total. The van der Waals surface area contributed by atoms with Crippen LogP contribution in [0.25, 0.3) is 0 Å². The van der Waals surface area contributed by atoms with Gasteiger partial charge in [0, 0.05) is 12.2 Å². The maximum Gasteiger partial charge on any atom is 0.332 e. The van der Waals surface area contributed by atoms with Crippen LogP contribution < -0.4 is 10.1 Å². The van der Waals surface area contributed by atoms with E-state index in [4.69, 9.17) is 25.8 Å². The molecule has 19 heavy (non-hydrogen) atoms. The highest BCUT2D eigenvalue weighted by molar-refractivity contribution is 6.32. The molecule has 1 rings (SSSR count). The van der Waals surface area contributed by atoms with Crippen molar-refractivity contribution in [1.29, 1.82) is 0 Å². The number of carbonyl (C=O) groups is 1. The molecule has 5 nitrogen and oxygen atoms in total. The molecular weight excluding hydrogens is 270 g/mol. The van der Waals surface area contributed by atoms with Crippen LogP contribution in [0.5, 0.6) is 5.75 Å². The molecule has 0 unspecified atom stereocenters. The van der Waals surface area contributed by atoms with Gasteiger partial charge in [0.2, 0.25) is 0 Å². The Balaban J connectivity index is 2.22. The number of benzene rings is 1. The van der Waals surface area contributed by atoms with Crippen LogP contribution in [0.3, 0.4) is 0 Å². The number of nitrogens with one attached hydrogen (secondary N) is 1. The van der Waals surface area contributed by atoms with E-state index in [1.165, 1.54) is 0 Å². The molecule has 1 aromatic carbocycles. The zero-order chi connectivity index (χ0) is 14.1. The molecule has 0 heterocycles. The lowest BCUT2D eigenvalue weighted by molar-refractivity contribution is -0.148. The van der Waals surface area contributed by atoms with Gasteiger partial charge in [0.25, 0.3) is 0 Å². The van der Waals surface area contributed by atoms with Crippen LogP contribution in [0, 0.1) is 0 Å². The molecule has 0 radical (unpaired) electrons. The summed E-state index contributed by atoms with van der Waals surface area (Å²) in [5.41, 5.74) is 0.866. The minimum atomic E-state index is -0.352. The second-order valence-electron chi connectivity index (χ2n) is 3.63. The number of ether oxygens (including phenoxy) is 3. The molecule has 0 bridgehead atoms. The number of hydrogen-bond acceptors (Lipinski definition) is 5. The maximum atomic E-state index is 11.0. The summed E-state index contributed by atoms with van der Waals surface area (Å²) in [6.45, 7) is 3.07. The van der Waals surface area contributed by atoms with Crippen LogP contribution in [0.2, 0.25) is 5.02 Å². The highest BCUT2D eigenvalue weighted by atomic mass is 35.5. The Kier molecular flexibility index (Phi) is 7.07. The third-order valence-electron chi connectivity index (χ3n) is 2.25. The van der Waals surface area contributed by atoms with Gasteiger partial charge in [0.05, 0.1) is 25.3 Å². The average molecular weight is 288 g/mol. The SMILES string of the molecule is CCOC(=O)COCCNc1ccc(OC)c(Cl)c1. The summed E-state index contributed by atoms with van der Waals surface area (Å²) in [4.78, 5) is 11.0. The van der Waals surface area contributed by atoms with E-state index in [1.54, 1.807) is 26.2 Å². The topological polar surface area (TPSA) is 56.8 Å². The number of methoxy groups -OCH3 is 1. The molecule has 0 atom stereocenters. The van der Waals surface area contributed by atoms with Gasteiger partial charge in [0.15, 0.2) is 0 Å². The maximum absolute atomic E-state index is 11.0. The Morgan fingerprint density at radius 3 is 2.84 bits per heavy atom. The van der Waals surface area contributed by atoms with Gasteiger partial charge in [-0.2, -0.15) is 0 Å². The number of carbonyl (C=O) groups excluding carboxylic acids is 1. The smallest absolute Gasteiger partial charge is 0.332 e. The molecule has 0 saturated heterocycles. The van der Waals surface area contributed by atoms with Gasteiger partial charge >= 0.3 is 5.97 Å². The largest absolute Gasteiger partial charge is 0.495 e. The van der Waals surface area contributed by atoms with Crippen molar-refractivity contribution in [3.8, 4) is 5.75 Å². The lowest BCUT2D eigenvalue weighted by atomic mass is 10.3. The van der Waals surface area contributed by atoms with Crippen LogP contribution in [0.1, 0.15) is 6.92 Å². The number of halogens is 1. The van der Waals surface area contributed by atoms with Crippen molar-refractivity contribution in [3.63, 3.8) is 0 Å². The predicted molar refractivity (Wildman–Crippen MR) is 73.9 cm³/mol. The van der Waals surface area contributed by atoms with Crippen LogP contribution >= 0.6 is 11.6 Å². The quantitative estimate of drug-likeness (QED) is 0.587. The predicted octanol–water partition coefficient (Wildman–Crippen LogP) is 2.34. The van der Waals surface area contributed by atoms with Gasteiger partial charge in [-0.05, 0) is 25.1 Å². The first-order chi connectivity index (χ1) is 9.17. The van der Waals surface area contributed by atoms with Crippen molar-refractivity contribution in [2.75, 3.05) is 38.8 Å². The Morgan fingerprint density at radius 1 is 1.42 bits per heavy atom. The highest BCUT2D eigenvalue weighted by Gasteiger charge is 2.02. The molecule has 6 heteroatoms. The van der Waals surface area contributed by atoms with Crippen molar-refractivity contribution in [2.45, 2.75) is 6.92 Å². The van der Waals surface area contributed by atoms with Gasteiger partial charge in [-0.3, -0.25) is 0 Å². The summed E-state index contributed by atoms with van der Waals surface area (Å²) in [6.07, 6.45) is 0. The molecule has 0 aliphatic carbocycles. The summed E-state index contributed by atoms with van der Waals surface area (Å²) in [6, 6.07) is 5.41. The lowest BCUT2D eigenvalue weighted by Crippen LogP contribution is -2.16. The van der Waals surface area contributed by atoms with Crippen molar-refractivity contribution in [1.82, 2.24) is 0 Å². The van der Waals surface area contributed by atoms with E-state index in [0.29, 0.717) is 30.5 Å². The van der Waals surface area contributed by atoms with Gasteiger partial charge in [-0.25, -0.2) is 4.79 Å². The lowest BCUT2D eigenvalue weighted by Gasteiger charge is -2.09. The summed E-state index contributed by atoms with van der Waals surface area (Å²) in [7, 11) is 1.57. The van der Waals surface area contributed by atoms with Crippen molar-refractivity contribution in [2.24, 2.45) is 0 Å². The van der Waals surface area contributed by atoms with E-state index < -0.39 is 0 Å². The fourth-order valence-corrected chi connectivity index (χ4v) is 1.66. The number of rotatable bonds is 8. The van der Waals surface area contributed by atoms with Gasteiger partial charge in [-0.15, -0.1) is 0 Å². The van der Waals surface area contributed by atoms with E-state index in [9.17, 15) is 4.79 Å². The van der Waals surface area contributed by atoms with Gasteiger partial charge in [-0.1, -0.05) is 11.6 Å². The van der Waals surface area contributed by atoms with E-state index >= 15 is 0 Å². The second-order valence-corrected chi connectivity index (χ2v) is 4.04. The average Bonchev–Trinajstić information content (AvgIpc) is 2.39. The third kappa shape index (κ3) is 5.81. The third-order valence-corrected chi connectivity index (χ3v) is 2.55. The van der Waals surface area contributed by atoms with Crippen LogP contribution in [-0.2, 0) is 14.3 Å². The van der Waals surface area contributed by atoms with Gasteiger partial charge in [0.1, 0.15) is 12.4 Å². The fourth-order valence-electron chi connectivity index (χ4n) is 1.40. The zero-order valence-corrected chi connectivity index (χ0v) is 11.8. The zero-order valence-electron chi connectivity index (χ0n) is 11.1. The van der Waals surface area contributed by atoms with Crippen molar-refractivity contribution in [3.05, 3.63) is 23.2 Å². The van der Waals surface area contributed by atoms with E-state index in [1.807, 2.05) is 6.07 Å². The molecular formula is C13H18ClNO4. The minimum absolute atomic E-state index is 0.0289. The van der Waals surface area contributed by atoms with Crippen molar-refractivity contribution < 1.29 is 19.0 Å². The summed E-state index contributed by atoms with van der Waals surface area (Å²) in [5.74, 6) is 0.278. The van der Waals surface area contributed by atoms with Crippen LogP contribution in [0.4, 0.5) is 5.69 Å². The minimum Gasteiger partial charge on any atom is -0.495 e. The molecule has 0 amide bonds. The van der Waals surface area contributed by atoms with Crippen LogP contribution in [0.15, 0.2) is 18.2 Å². The fraction of sp³-hybridized carbons (Fsp3) is 0.462. The molecule has 1 aromatic rings. The van der Waals surface area contributed by atoms with Crippen molar-refractivity contribution >= 4 is 23.3 Å². The molecule has 0 aliphatic rings. The summed E-state index contributed by atoms with van der Waals surface area (Å²) >= 11 is 5.99. The summed E-state index contributed by atoms with van der Waals surface area (Å²) in [5, 5.41) is 3.67. The van der Waals surface area contributed by atoms with E-state index in [2.05, 4.69) is 5.32 Å². The summed E-state index contributed by atoms with van der Waals surface area (Å²) < 4.78 is 14.9. The first-order valence-electron chi connectivity index (χ1n) is 5.98. The molecule has 0 fully saturated rings. The molecule has 0 aliphatic heterocycles. The number of esters is 1. The normalized spacial score (nSPS) is 10.1. The Hall–Kier alpha value is -1.46. The molecule has 106 valence electrons. The Bertz CT molecular complexity index is 412. The molecule has 0 saturated carbocycles. The first-order valence-corrected chi connectivity index (χ1v) is 6.36. The Morgan fingerprint density at radius 2 is 2.21 bits per heavy atom. The monoisotopic (exact) mass is 287 g/mol. The second kappa shape index (κ2) is 8.61. The molecule has 0 aromatic heterocycles. The first kappa shape index (κ1) is 15.6. The molecule has 0 spiro atoms. The van der Waals surface area contributed by atoms with Crippen LogP contribution in [-0.4, -0.2) is 39.4 Å². The number of anilines is 1. The highest BCUT2D eigenvalue weighted by Crippen LogP contribution is 2.26. The number of hydrogen-bond donors (Lipinski definition) is 1. The Labute approximate surface area is 117 Å².